The van der Waals surface area contributed by atoms with E-state index < -0.39 is 12.1 Å². The van der Waals surface area contributed by atoms with Gasteiger partial charge in [-0.05, 0) is 24.6 Å². The summed E-state index contributed by atoms with van der Waals surface area (Å²) in [5, 5.41) is 3.68. The number of amides is 1. The molecule has 3 aromatic rings. The van der Waals surface area contributed by atoms with Crippen LogP contribution in [0.3, 0.4) is 0 Å². The molecule has 1 aromatic heterocycles. The normalized spacial score (nSPS) is 11.9. The van der Waals surface area contributed by atoms with E-state index in [4.69, 9.17) is 4.74 Å². The number of esters is 1. The van der Waals surface area contributed by atoms with Crippen molar-refractivity contribution in [3.63, 3.8) is 0 Å². The Hall–Kier alpha value is -3.08. The minimum Gasteiger partial charge on any atom is -0.448 e. The molecule has 5 heteroatoms. The smallest absolute Gasteiger partial charge is 0.355 e. The van der Waals surface area contributed by atoms with Crippen molar-refractivity contribution in [2.75, 3.05) is 0 Å². The number of hydrogen-bond acceptors (Lipinski definition) is 3. The van der Waals surface area contributed by atoms with Gasteiger partial charge in [-0.1, -0.05) is 48.5 Å². The van der Waals surface area contributed by atoms with E-state index >= 15 is 0 Å². The molecule has 1 heterocycles. The lowest BCUT2D eigenvalue weighted by Gasteiger charge is -2.13. The van der Waals surface area contributed by atoms with Gasteiger partial charge in [0, 0.05) is 17.4 Å². The monoisotopic (exact) mass is 322 g/mol. The highest BCUT2D eigenvalue weighted by Crippen LogP contribution is 2.15. The predicted octanol–water partition coefficient (Wildman–Crippen LogP) is 3.03. The van der Waals surface area contributed by atoms with Gasteiger partial charge in [0.15, 0.2) is 6.10 Å². The van der Waals surface area contributed by atoms with Gasteiger partial charge in [0.2, 0.25) is 0 Å². The van der Waals surface area contributed by atoms with Crippen molar-refractivity contribution in [2.24, 2.45) is 0 Å². The lowest BCUT2D eigenvalue weighted by Crippen LogP contribution is -2.35. The van der Waals surface area contributed by atoms with Gasteiger partial charge in [-0.15, -0.1) is 0 Å². The van der Waals surface area contributed by atoms with Gasteiger partial charge in [0.1, 0.15) is 5.69 Å². The van der Waals surface area contributed by atoms with Crippen molar-refractivity contribution in [1.82, 2.24) is 10.3 Å². The third-order valence-corrected chi connectivity index (χ3v) is 3.71. The van der Waals surface area contributed by atoms with E-state index in [0.717, 1.165) is 16.5 Å². The van der Waals surface area contributed by atoms with E-state index in [0.29, 0.717) is 12.2 Å². The van der Waals surface area contributed by atoms with Gasteiger partial charge >= 0.3 is 5.97 Å². The summed E-state index contributed by atoms with van der Waals surface area (Å²) in [7, 11) is 0. The average molecular weight is 322 g/mol. The lowest BCUT2D eigenvalue weighted by atomic mass is 10.2. The summed E-state index contributed by atoms with van der Waals surface area (Å²) in [6.07, 6.45) is -0.868. The average Bonchev–Trinajstić information content (AvgIpc) is 3.04. The zero-order valence-electron chi connectivity index (χ0n) is 13.3. The summed E-state index contributed by atoms with van der Waals surface area (Å²) in [5.41, 5.74) is 2.17. The highest BCUT2D eigenvalue weighted by molar-refractivity contribution is 5.96. The molecule has 1 atom stereocenters. The molecule has 0 bridgehead atoms. The number of carbonyl (C=O) groups is 2. The Morgan fingerprint density at radius 2 is 1.79 bits per heavy atom. The topological polar surface area (TPSA) is 71.2 Å². The standard InChI is InChI=1S/C19H18N2O3/c1-13(18(22)20-12-14-7-3-2-4-8-14)24-19(23)17-11-15-9-5-6-10-16(15)21-17/h2-11,13,21H,12H2,1H3,(H,20,22)/t13-/m1/s1. The van der Waals surface area contributed by atoms with Crippen molar-refractivity contribution in [3.05, 3.63) is 71.9 Å². The van der Waals surface area contributed by atoms with E-state index in [9.17, 15) is 9.59 Å². The third kappa shape index (κ3) is 3.63. The quantitative estimate of drug-likeness (QED) is 0.709. The zero-order chi connectivity index (χ0) is 16.9. The first-order valence-corrected chi connectivity index (χ1v) is 7.74. The molecule has 0 saturated carbocycles. The summed E-state index contributed by atoms with van der Waals surface area (Å²) >= 11 is 0. The maximum Gasteiger partial charge on any atom is 0.355 e. The molecule has 0 aliphatic rings. The van der Waals surface area contributed by atoms with Crippen LogP contribution in [0.1, 0.15) is 23.0 Å². The van der Waals surface area contributed by atoms with Crippen molar-refractivity contribution in [1.29, 1.82) is 0 Å². The number of para-hydroxylation sites is 1. The fraction of sp³-hybridized carbons (Fsp3) is 0.158. The molecule has 2 N–H and O–H groups in total. The third-order valence-electron chi connectivity index (χ3n) is 3.71. The van der Waals surface area contributed by atoms with E-state index in [2.05, 4.69) is 10.3 Å². The maximum absolute atomic E-state index is 12.2. The van der Waals surface area contributed by atoms with Crippen molar-refractivity contribution < 1.29 is 14.3 Å². The summed E-state index contributed by atoms with van der Waals surface area (Å²) < 4.78 is 5.23. The number of rotatable bonds is 5. The number of carbonyl (C=O) groups excluding carboxylic acids is 2. The Labute approximate surface area is 139 Å². The first kappa shape index (κ1) is 15.8. The van der Waals surface area contributed by atoms with Crippen molar-refractivity contribution in [2.45, 2.75) is 19.6 Å². The molecule has 0 radical (unpaired) electrons. The summed E-state index contributed by atoms with van der Waals surface area (Å²) in [4.78, 5) is 27.2. The number of aromatic amines is 1. The van der Waals surface area contributed by atoms with E-state index in [-0.39, 0.29) is 5.91 Å². The van der Waals surface area contributed by atoms with Crippen LogP contribution in [0.15, 0.2) is 60.7 Å². The largest absolute Gasteiger partial charge is 0.448 e. The number of benzene rings is 2. The first-order chi connectivity index (χ1) is 11.6. The van der Waals surface area contributed by atoms with Crippen LogP contribution in [-0.4, -0.2) is 23.0 Å². The van der Waals surface area contributed by atoms with Gasteiger partial charge in [-0.3, -0.25) is 4.79 Å². The summed E-state index contributed by atoms with van der Waals surface area (Å²) in [6, 6.07) is 18.8. The summed E-state index contributed by atoms with van der Waals surface area (Å²) in [5.74, 6) is -0.878. The molecule has 5 nitrogen and oxygen atoms in total. The fourth-order valence-corrected chi connectivity index (χ4v) is 2.39. The van der Waals surface area contributed by atoms with E-state index in [1.807, 2.05) is 54.6 Å². The molecule has 0 aliphatic carbocycles. The molecule has 0 saturated heterocycles. The highest BCUT2D eigenvalue weighted by Gasteiger charge is 2.19. The molecule has 2 aromatic carbocycles. The van der Waals surface area contributed by atoms with Crippen LogP contribution in [-0.2, 0) is 16.1 Å². The molecular formula is C19H18N2O3. The second-order valence-electron chi connectivity index (χ2n) is 5.52. The van der Waals surface area contributed by atoms with Crippen LogP contribution >= 0.6 is 0 Å². The number of H-pyrrole nitrogens is 1. The molecular weight excluding hydrogens is 304 g/mol. The van der Waals surface area contributed by atoms with Crippen LogP contribution in [0.25, 0.3) is 10.9 Å². The Morgan fingerprint density at radius 3 is 2.54 bits per heavy atom. The molecule has 0 fully saturated rings. The van der Waals surface area contributed by atoms with Gasteiger partial charge < -0.3 is 15.0 Å². The van der Waals surface area contributed by atoms with Crippen molar-refractivity contribution in [3.8, 4) is 0 Å². The highest BCUT2D eigenvalue weighted by atomic mass is 16.5. The van der Waals surface area contributed by atoms with Crippen molar-refractivity contribution >= 4 is 22.8 Å². The molecule has 0 unspecified atom stereocenters. The zero-order valence-corrected chi connectivity index (χ0v) is 13.3. The molecule has 24 heavy (non-hydrogen) atoms. The predicted molar refractivity (Wildman–Crippen MR) is 91.5 cm³/mol. The maximum atomic E-state index is 12.2. The van der Waals surface area contributed by atoms with Gasteiger partial charge in [0.25, 0.3) is 5.91 Å². The van der Waals surface area contributed by atoms with Crippen LogP contribution in [0.2, 0.25) is 0 Å². The van der Waals surface area contributed by atoms with E-state index in [1.165, 1.54) is 0 Å². The first-order valence-electron chi connectivity index (χ1n) is 7.74. The minimum atomic E-state index is -0.868. The fourth-order valence-electron chi connectivity index (χ4n) is 2.39. The number of aromatic nitrogens is 1. The number of ether oxygens (including phenoxy) is 1. The molecule has 3 rings (SSSR count). The van der Waals surface area contributed by atoms with Gasteiger partial charge in [0.05, 0.1) is 0 Å². The number of hydrogen-bond donors (Lipinski definition) is 2. The SMILES string of the molecule is C[C@@H](OC(=O)c1cc2ccccc2[nH]1)C(=O)NCc1ccccc1. The Bertz CT molecular complexity index is 822. The molecule has 122 valence electrons. The van der Waals surface area contributed by atoms with Crippen LogP contribution < -0.4 is 5.32 Å². The molecule has 0 spiro atoms. The Kier molecular flexibility index (Phi) is 4.61. The van der Waals surface area contributed by atoms with Crippen LogP contribution in [0.5, 0.6) is 0 Å². The molecule has 1 amide bonds. The lowest BCUT2D eigenvalue weighted by molar-refractivity contribution is -0.129. The van der Waals surface area contributed by atoms with Crippen LogP contribution in [0.4, 0.5) is 0 Å². The summed E-state index contributed by atoms with van der Waals surface area (Å²) in [6.45, 7) is 1.95. The number of fused-ring (bicyclic) bond motifs is 1. The van der Waals surface area contributed by atoms with Gasteiger partial charge in [-0.25, -0.2) is 4.79 Å². The number of nitrogens with one attached hydrogen (secondary N) is 2. The van der Waals surface area contributed by atoms with E-state index in [1.54, 1.807) is 13.0 Å². The second kappa shape index (κ2) is 7.00. The van der Waals surface area contributed by atoms with Gasteiger partial charge in [-0.2, -0.15) is 0 Å². The van der Waals surface area contributed by atoms with Crippen LogP contribution in [0, 0.1) is 0 Å². The Balaban J connectivity index is 1.58. The Morgan fingerprint density at radius 1 is 1.08 bits per heavy atom. The second-order valence-corrected chi connectivity index (χ2v) is 5.52. The minimum absolute atomic E-state index is 0.330. The molecule has 0 aliphatic heterocycles.